The lowest BCUT2D eigenvalue weighted by Crippen LogP contribution is -2.22. The van der Waals surface area contributed by atoms with E-state index in [4.69, 9.17) is 5.14 Å². The summed E-state index contributed by atoms with van der Waals surface area (Å²) in [5.74, 6) is 0.445. The van der Waals surface area contributed by atoms with Crippen LogP contribution in [-0.4, -0.2) is 29.5 Å². The summed E-state index contributed by atoms with van der Waals surface area (Å²) in [6, 6.07) is 7.50. The Morgan fingerprint density at radius 2 is 1.83 bits per heavy atom. The van der Waals surface area contributed by atoms with Gasteiger partial charge in [0.2, 0.25) is 15.9 Å². The number of hydrogen-bond acceptors (Lipinski definition) is 6. The molecule has 128 valence electrons. The Morgan fingerprint density at radius 1 is 1.21 bits per heavy atom. The summed E-state index contributed by atoms with van der Waals surface area (Å²) in [6.45, 7) is 5.44. The summed E-state index contributed by atoms with van der Waals surface area (Å²) >= 11 is 1.33. The van der Waals surface area contributed by atoms with Crippen LogP contribution >= 0.6 is 11.8 Å². The third kappa shape index (κ3) is 5.02. The Hall–Kier alpha value is -1.97. The molecule has 9 heteroatoms. The Balaban J connectivity index is 2.03. The van der Waals surface area contributed by atoms with E-state index in [2.05, 4.69) is 15.3 Å². The molecule has 3 N–H and O–H groups in total. The van der Waals surface area contributed by atoms with Crippen molar-refractivity contribution in [2.45, 2.75) is 35.9 Å². The summed E-state index contributed by atoms with van der Waals surface area (Å²) in [5, 5.41) is 8.12. The fourth-order valence-corrected chi connectivity index (χ4v) is 3.42. The van der Waals surface area contributed by atoms with Gasteiger partial charge in [-0.05, 0) is 51.1 Å². The molecule has 1 amide bonds. The SMILES string of the molecule is Cc1cc(SC(C)C(=O)Nc2ccc(S(N)(=O)=O)cc2)nc(C)n1. The largest absolute Gasteiger partial charge is 0.325 e. The summed E-state index contributed by atoms with van der Waals surface area (Å²) in [6.07, 6.45) is 0. The quantitative estimate of drug-likeness (QED) is 0.616. The topological polar surface area (TPSA) is 115 Å². The second-order valence-corrected chi connectivity index (χ2v) is 8.14. The highest BCUT2D eigenvalue weighted by atomic mass is 32.2. The minimum Gasteiger partial charge on any atom is -0.325 e. The first-order valence-electron chi connectivity index (χ1n) is 7.08. The van der Waals surface area contributed by atoms with Gasteiger partial charge in [0, 0.05) is 11.4 Å². The molecule has 0 spiro atoms. The molecule has 2 aromatic rings. The highest BCUT2D eigenvalue weighted by molar-refractivity contribution is 8.00. The smallest absolute Gasteiger partial charge is 0.238 e. The van der Waals surface area contributed by atoms with E-state index in [9.17, 15) is 13.2 Å². The third-order valence-corrected chi connectivity index (χ3v) is 5.01. The number of primary sulfonamides is 1. The zero-order valence-electron chi connectivity index (χ0n) is 13.5. The van der Waals surface area contributed by atoms with Crippen molar-refractivity contribution in [2.24, 2.45) is 5.14 Å². The van der Waals surface area contributed by atoms with Crippen LogP contribution in [0, 0.1) is 13.8 Å². The fraction of sp³-hybridized carbons (Fsp3) is 0.267. The number of rotatable bonds is 5. The number of hydrogen-bond donors (Lipinski definition) is 2. The zero-order chi connectivity index (χ0) is 17.9. The van der Waals surface area contributed by atoms with Crippen molar-refractivity contribution < 1.29 is 13.2 Å². The maximum absolute atomic E-state index is 12.3. The van der Waals surface area contributed by atoms with Gasteiger partial charge in [0.1, 0.15) is 10.9 Å². The second-order valence-electron chi connectivity index (χ2n) is 5.21. The molecule has 0 aliphatic rings. The molecule has 1 aromatic heterocycles. The summed E-state index contributed by atoms with van der Waals surface area (Å²) < 4.78 is 22.4. The van der Waals surface area contributed by atoms with Crippen molar-refractivity contribution in [1.82, 2.24) is 9.97 Å². The molecule has 0 aliphatic heterocycles. The van der Waals surface area contributed by atoms with E-state index >= 15 is 0 Å². The predicted octanol–water partition coefficient (Wildman–Crippen LogP) is 1.86. The first-order valence-corrected chi connectivity index (χ1v) is 9.50. The molecule has 0 fully saturated rings. The third-order valence-electron chi connectivity index (χ3n) is 3.06. The van der Waals surface area contributed by atoms with E-state index in [1.54, 1.807) is 13.8 Å². The Bertz CT molecular complexity index is 831. The Labute approximate surface area is 145 Å². The number of sulfonamides is 1. The molecule has 0 aliphatic carbocycles. The molecule has 0 saturated heterocycles. The Morgan fingerprint density at radius 3 is 2.38 bits per heavy atom. The summed E-state index contributed by atoms with van der Waals surface area (Å²) in [5.41, 5.74) is 1.34. The molecule has 2 rings (SSSR count). The first-order chi connectivity index (χ1) is 11.1. The normalized spacial score (nSPS) is 12.7. The molecule has 7 nitrogen and oxygen atoms in total. The van der Waals surface area contributed by atoms with Gasteiger partial charge in [0.05, 0.1) is 10.1 Å². The highest BCUT2D eigenvalue weighted by Gasteiger charge is 2.16. The summed E-state index contributed by atoms with van der Waals surface area (Å²) in [7, 11) is -3.74. The van der Waals surface area contributed by atoms with Gasteiger partial charge in [-0.15, -0.1) is 0 Å². The van der Waals surface area contributed by atoms with Crippen LogP contribution < -0.4 is 10.5 Å². The van der Waals surface area contributed by atoms with Crippen LogP contribution in [-0.2, 0) is 14.8 Å². The number of carbonyl (C=O) groups is 1. The van der Waals surface area contributed by atoms with Crippen LogP contribution in [0.15, 0.2) is 40.3 Å². The molecule has 1 heterocycles. The van der Waals surface area contributed by atoms with E-state index in [0.717, 1.165) is 10.7 Å². The van der Waals surface area contributed by atoms with Crippen molar-refractivity contribution >= 4 is 33.4 Å². The Kier molecular flexibility index (Phi) is 5.58. The number of thioether (sulfide) groups is 1. The van der Waals surface area contributed by atoms with Gasteiger partial charge in [0.15, 0.2) is 0 Å². The average Bonchev–Trinajstić information content (AvgIpc) is 2.45. The highest BCUT2D eigenvalue weighted by Crippen LogP contribution is 2.23. The van der Waals surface area contributed by atoms with E-state index in [-0.39, 0.29) is 16.1 Å². The lowest BCUT2D eigenvalue weighted by atomic mass is 10.3. The van der Waals surface area contributed by atoms with Crippen LogP contribution in [0.25, 0.3) is 0 Å². The molecule has 1 atom stereocenters. The number of nitrogens with two attached hydrogens (primary N) is 1. The van der Waals surface area contributed by atoms with E-state index in [1.807, 2.05) is 13.0 Å². The van der Waals surface area contributed by atoms with Crippen molar-refractivity contribution in [1.29, 1.82) is 0 Å². The van der Waals surface area contributed by atoms with Crippen molar-refractivity contribution in [3.05, 3.63) is 41.9 Å². The first kappa shape index (κ1) is 18.4. The van der Waals surface area contributed by atoms with Gasteiger partial charge in [-0.2, -0.15) is 0 Å². The number of anilines is 1. The van der Waals surface area contributed by atoms with Crippen molar-refractivity contribution in [3.8, 4) is 0 Å². The van der Waals surface area contributed by atoms with Gasteiger partial charge in [-0.3, -0.25) is 4.79 Å². The van der Waals surface area contributed by atoms with Gasteiger partial charge >= 0.3 is 0 Å². The number of amides is 1. The summed E-state index contributed by atoms with van der Waals surface area (Å²) in [4.78, 5) is 20.7. The zero-order valence-corrected chi connectivity index (χ0v) is 15.1. The van der Waals surface area contributed by atoms with Gasteiger partial charge < -0.3 is 5.32 Å². The van der Waals surface area contributed by atoms with Crippen LogP contribution in [0.1, 0.15) is 18.4 Å². The number of carbonyl (C=O) groups excluding carboxylic acids is 1. The van der Waals surface area contributed by atoms with E-state index < -0.39 is 10.0 Å². The van der Waals surface area contributed by atoms with Gasteiger partial charge in [-0.1, -0.05) is 11.8 Å². The second kappa shape index (κ2) is 7.29. The number of nitrogens with zero attached hydrogens (tertiary/aromatic N) is 2. The van der Waals surface area contributed by atoms with E-state index in [0.29, 0.717) is 11.5 Å². The monoisotopic (exact) mass is 366 g/mol. The molecule has 0 saturated carbocycles. The van der Waals surface area contributed by atoms with Crippen molar-refractivity contribution in [2.75, 3.05) is 5.32 Å². The van der Waals surface area contributed by atoms with Gasteiger partial charge in [0.25, 0.3) is 0 Å². The maximum Gasteiger partial charge on any atom is 0.238 e. The number of aryl methyl sites for hydroxylation is 2. The number of nitrogens with one attached hydrogen (secondary N) is 1. The molecule has 0 radical (unpaired) electrons. The number of aromatic nitrogens is 2. The molecule has 1 unspecified atom stereocenters. The molecule has 24 heavy (non-hydrogen) atoms. The lowest BCUT2D eigenvalue weighted by Gasteiger charge is -2.12. The average molecular weight is 366 g/mol. The standard InChI is InChI=1S/C15H18N4O3S2/c1-9-8-14(18-11(3)17-9)23-10(2)15(20)19-12-4-6-13(7-5-12)24(16,21)22/h4-8,10H,1-3H3,(H,19,20)(H2,16,21,22). The minimum atomic E-state index is -3.74. The molecular formula is C15H18N4O3S2. The van der Waals surface area contributed by atoms with Crippen molar-refractivity contribution in [3.63, 3.8) is 0 Å². The molecule has 0 bridgehead atoms. The number of benzene rings is 1. The molecular weight excluding hydrogens is 348 g/mol. The predicted molar refractivity (Wildman–Crippen MR) is 93.3 cm³/mol. The van der Waals surface area contributed by atoms with Crippen LogP contribution in [0.4, 0.5) is 5.69 Å². The van der Waals surface area contributed by atoms with Gasteiger partial charge in [-0.25, -0.2) is 23.5 Å². The maximum atomic E-state index is 12.3. The molecule has 1 aromatic carbocycles. The van der Waals surface area contributed by atoms with E-state index in [1.165, 1.54) is 36.0 Å². The fourth-order valence-electron chi connectivity index (χ4n) is 1.95. The van der Waals surface area contributed by atoms with Crippen LogP contribution in [0.3, 0.4) is 0 Å². The van der Waals surface area contributed by atoms with Crippen LogP contribution in [0.2, 0.25) is 0 Å². The lowest BCUT2D eigenvalue weighted by molar-refractivity contribution is -0.115. The van der Waals surface area contributed by atoms with Crippen LogP contribution in [0.5, 0.6) is 0 Å². The minimum absolute atomic E-state index is 0.00476.